The Morgan fingerprint density at radius 2 is 1.29 bits per heavy atom. The van der Waals surface area contributed by atoms with Crippen LogP contribution < -0.4 is 10.6 Å². The van der Waals surface area contributed by atoms with Gasteiger partial charge in [-0.05, 0) is 50.2 Å². The van der Waals surface area contributed by atoms with Gasteiger partial charge in [0.15, 0.2) is 11.6 Å². The van der Waals surface area contributed by atoms with Gasteiger partial charge in [-0.25, -0.2) is 0 Å². The third kappa shape index (κ3) is 3.95. The van der Waals surface area contributed by atoms with E-state index in [-0.39, 0.29) is 5.91 Å². The van der Waals surface area contributed by atoms with Crippen molar-refractivity contribution in [1.29, 1.82) is 0 Å². The first-order valence-corrected chi connectivity index (χ1v) is 7.65. The maximum Gasteiger partial charge on any atom is 0.256 e. The van der Waals surface area contributed by atoms with Gasteiger partial charge >= 0.3 is 0 Å². The molecule has 0 atom stereocenters. The number of nitrogens with zero attached hydrogens (tertiary/aromatic N) is 2. The fraction of sp³-hybridized carbons (Fsp3) is 0.105. The second-order valence-electron chi connectivity index (χ2n) is 5.61. The summed E-state index contributed by atoms with van der Waals surface area (Å²) in [6.07, 6.45) is 0. The van der Waals surface area contributed by atoms with Crippen LogP contribution in [-0.2, 0) is 0 Å². The van der Waals surface area contributed by atoms with E-state index in [9.17, 15) is 4.79 Å². The molecule has 0 aliphatic carbocycles. The molecule has 120 valence electrons. The zero-order chi connectivity index (χ0) is 16.9. The van der Waals surface area contributed by atoms with E-state index in [1.54, 1.807) is 24.3 Å². The minimum Gasteiger partial charge on any atom is -0.339 e. The van der Waals surface area contributed by atoms with Crippen LogP contribution in [-0.4, -0.2) is 16.1 Å². The molecule has 0 fully saturated rings. The number of aryl methyl sites for hydroxylation is 2. The molecule has 0 radical (unpaired) electrons. The van der Waals surface area contributed by atoms with Gasteiger partial charge in [-0.2, -0.15) is 0 Å². The summed E-state index contributed by atoms with van der Waals surface area (Å²) in [5, 5.41) is 14.0. The minimum absolute atomic E-state index is 0.205. The summed E-state index contributed by atoms with van der Waals surface area (Å²) in [6, 6.07) is 18.8. The van der Waals surface area contributed by atoms with Crippen LogP contribution in [0.15, 0.2) is 60.7 Å². The van der Waals surface area contributed by atoms with Crippen LogP contribution in [0.25, 0.3) is 0 Å². The third-order valence-electron chi connectivity index (χ3n) is 3.54. The highest BCUT2D eigenvalue weighted by Crippen LogP contribution is 2.15. The van der Waals surface area contributed by atoms with E-state index in [1.807, 2.05) is 50.2 Å². The van der Waals surface area contributed by atoms with Crippen molar-refractivity contribution in [2.24, 2.45) is 0 Å². The molecule has 1 aromatic heterocycles. The van der Waals surface area contributed by atoms with Crippen molar-refractivity contribution < 1.29 is 4.79 Å². The summed E-state index contributed by atoms with van der Waals surface area (Å²) >= 11 is 0. The molecule has 1 heterocycles. The van der Waals surface area contributed by atoms with Gasteiger partial charge in [0.1, 0.15) is 0 Å². The number of benzene rings is 2. The van der Waals surface area contributed by atoms with Crippen LogP contribution in [0.5, 0.6) is 0 Å². The Bertz CT molecular complexity index is 825. The molecule has 3 aromatic rings. The second-order valence-corrected chi connectivity index (χ2v) is 5.61. The minimum atomic E-state index is -0.205. The van der Waals surface area contributed by atoms with Gasteiger partial charge < -0.3 is 10.6 Å². The quantitative estimate of drug-likeness (QED) is 0.760. The highest BCUT2D eigenvalue weighted by atomic mass is 16.1. The molecule has 24 heavy (non-hydrogen) atoms. The number of aromatic nitrogens is 2. The van der Waals surface area contributed by atoms with Crippen LogP contribution in [0.2, 0.25) is 0 Å². The number of carbonyl (C=O) groups is 1. The lowest BCUT2D eigenvalue weighted by Crippen LogP contribution is -2.13. The van der Waals surface area contributed by atoms with Gasteiger partial charge in [0.25, 0.3) is 5.91 Å². The van der Waals surface area contributed by atoms with Crippen molar-refractivity contribution >= 4 is 23.2 Å². The SMILES string of the molecule is Cc1ccc(Nc2ccc(NC(=O)c3ccc(C)cc3)nn2)cc1. The van der Waals surface area contributed by atoms with E-state index in [0.29, 0.717) is 17.2 Å². The summed E-state index contributed by atoms with van der Waals surface area (Å²) in [7, 11) is 0. The number of rotatable bonds is 4. The van der Waals surface area contributed by atoms with E-state index in [2.05, 4.69) is 20.8 Å². The van der Waals surface area contributed by atoms with Crippen LogP contribution in [0.4, 0.5) is 17.3 Å². The first-order valence-electron chi connectivity index (χ1n) is 7.65. The highest BCUT2D eigenvalue weighted by Gasteiger charge is 2.07. The monoisotopic (exact) mass is 318 g/mol. The molecule has 0 saturated carbocycles. The van der Waals surface area contributed by atoms with Crippen LogP contribution in [0, 0.1) is 13.8 Å². The zero-order valence-corrected chi connectivity index (χ0v) is 13.6. The molecule has 5 nitrogen and oxygen atoms in total. The number of amides is 1. The van der Waals surface area contributed by atoms with Crippen molar-refractivity contribution in [1.82, 2.24) is 10.2 Å². The Morgan fingerprint density at radius 3 is 1.88 bits per heavy atom. The average Bonchev–Trinajstić information content (AvgIpc) is 2.59. The number of anilines is 3. The standard InChI is InChI=1S/C19H18N4O/c1-13-3-7-15(8-4-13)19(24)21-18-12-11-17(22-23-18)20-16-9-5-14(2)6-10-16/h3-12H,1-2H3,(H,20,22)(H,21,23,24). The molecule has 0 bridgehead atoms. The van der Waals surface area contributed by atoms with Crippen molar-refractivity contribution in [2.45, 2.75) is 13.8 Å². The smallest absolute Gasteiger partial charge is 0.256 e. The Labute approximate surface area is 140 Å². The van der Waals surface area contributed by atoms with E-state index >= 15 is 0 Å². The molecule has 5 heteroatoms. The predicted octanol–water partition coefficient (Wildman–Crippen LogP) is 4.09. The topological polar surface area (TPSA) is 66.9 Å². The molecule has 0 aliphatic heterocycles. The molecular formula is C19H18N4O. The third-order valence-corrected chi connectivity index (χ3v) is 3.54. The summed E-state index contributed by atoms with van der Waals surface area (Å²) < 4.78 is 0. The normalized spacial score (nSPS) is 10.2. The summed E-state index contributed by atoms with van der Waals surface area (Å²) in [4.78, 5) is 12.1. The second kappa shape index (κ2) is 6.91. The van der Waals surface area contributed by atoms with Crippen LogP contribution in [0.1, 0.15) is 21.5 Å². The van der Waals surface area contributed by atoms with Crippen LogP contribution >= 0.6 is 0 Å². The molecular weight excluding hydrogens is 300 g/mol. The van der Waals surface area contributed by atoms with Gasteiger partial charge in [0.2, 0.25) is 0 Å². The molecule has 3 rings (SSSR count). The van der Waals surface area contributed by atoms with Gasteiger partial charge in [-0.15, -0.1) is 10.2 Å². The summed E-state index contributed by atoms with van der Waals surface area (Å²) in [5.74, 6) is 0.825. The average molecular weight is 318 g/mol. The predicted molar refractivity (Wildman–Crippen MR) is 95.6 cm³/mol. The Hall–Kier alpha value is -3.21. The molecule has 1 amide bonds. The van der Waals surface area contributed by atoms with Crippen molar-refractivity contribution in [3.8, 4) is 0 Å². The number of carbonyl (C=O) groups excluding carboxylic acids is 1. The fourth-order valence-corrected chi connectivity index (χ4v) is 2.14. The lowest BCUT2D eigenvalue weighted by atomic mass is 10.1. The summed E-state index contributed by atoms with van der Waals surface area (Å²) in [5.41, 5.74) is 3.83. The van der Waals surface area contributed by atoms with E-state index < -0.39 is 0 Å². The number of hydrogen-bond acceptors (Lipinski definition) is 4. The first-order chi connectivity index (χ1) is 11.6. The van der Waals surface area contributed by atoms with Gasteiger partial charge in [0.05, 0.1) is 0 Å². The fourth-order valence-electron chi connectivity index (χ4n) is 2.14. The Morgan fingerprint density at radius 1 is 0.750 bits per heavy atom. The lowest BCUT2D eigenvalue weighted by molar-refractivity contribution is 0.102. The van der Waals surface area contributed by atoms with Crippen LogP contribution in [0.3, 0.4) is 0 Å². The molecule has 0 saturated heterocycles. The largest absolute Gasteiger partial charge is 0.339 e. The van der Waals surface area contributed by atoms with Gasteiger partial charge in [0, 0.05) is 11.3 Å². The summed E-state index contributed by atoms with van der Waals surface area (Å²) in [6.45, 7) is 4.02. The maximum atomic E-state index is 12.1. The number of nitrogens with one attached hydrogen (secondary N) is 2. The highest BCUT2D eigenvalue weighted by molar-refractivity contribution is 6.03. The van der Waals surface area contributed by atoms with E-state index in [1.165, 1.54) is 5.56 Å². The molecule has 0 spiro atoms. The Kier molecular flexibility index (Phi) is 4.52. The van der Waals surface area contributed by atoms with Crippen molar-refractivity contribution in [3.05, 3.63) is 77.4 Å². The van der Waals surface area contributed by atoms with Crippen molar-refractivity contribution in [3.63, 3.8) is 0 Å². The molecule has 2 aromatic carbocycles. The van der Waals surface area contributed by atoms with Gasteiger partial charge in [-0.3, -0.25) is 4.79 Å². The zero-order valence-electron chi connectivity index (χ0n) is 13.6. The molecule has 2 N–H and O–H groups in total. The number of hydrogen-bond donors (Lipinski definition) is 2. The van der Waals surface area contributed by atoms with Crippen molar-refractivity contribution in [2.75, 3.05) is 10.6 Å². The van der Waals surface area contributed by atoms with Gasteiger partial charge in [-0.1, -0.05) is 35.4 Å². The maximum absolute atomic E-state index is 12.1. The van der Waals surface area contributed by atoms with E-state index in [0.717, 1.165) is 11.3 Å². The lowest BCUT2D eigenvalue weighted by Gasteiger charge is -2.07. The molecule has 0 aliphatic rings. The van der Waals surface area contributed by atoms with E-state index in [4.69, 9.17) is 0 Å². The first kappa shape index (κ1) is 15.7. The Balaban J connectivity index is 1.64. The molecule has 0 unspecified atom stereocenters.